The van der Waals surface area contributed by atoms with Crippen molar-refractivity contribution in [3.63, 3.8) is 0 Å². The molecule has 1 aliphatic rings. The van der Waals surface area contributed by atoms with Crippen LogP contribution in [-0.2, 0) is 4.79 Å². The van der Waals surface area contributed by atoms with Crippen molar-refractivity contribution in [2.24, 2.45) is 5.92 Å². The van der Waals surface area contributed by atoms with Gasteiger partial charge in [0.1, 0.15) is 6.04 Å². The highest BCUT2D eigenvalue weighted by Crippen LogP contribution is 2.33. The molecular formula is C11H16N2O2. The minimum Gasteiger partial charge on any atom is -0.480 e. The zero-order valence-corrected chi connectivity index (χ0v) is 9.03. The fourth-order valence-electron chi connectivity index (χ4n) is 1.80. The van der Waals surface area contributed by atoms with Crippen LogP contribution in [0, 0.1) is 19.8 Å². The monoisotopic (exact) mass is 208 g/mol. The minimum atomic E-state index is -0.759. The Kier molecular flexibility index (Phi) is 2.42. The van der Waals surface area contributed by atoms with Gasteiger partial charge in [-0.3, -0.25) is 4.68 Å². The van der Waals surface area contributed by atoms with Crippen LogP contribution in [0.3, 0.4) is 0 Å². The molecule has 1 saturated carbocycles. The Morgan fingerprint density at radius 1 is 1.47 bits per heavy atom. The van der Waals surface area contributed by atoms with Gasteiger partial charge in [-0.25, -0.2) is 4.79 Å². The van der Waals surface area contributed by atoms with Crippen molar-refractivity contribution in [2.45, 2.75) is 32.7 Å². The van der Waals surface area contributed by atoms with Crippen LogP contribution < -0.4 is 5.43 Å². The van der Waals surface area contributed by atoms with Crippen molar-refractivity contribution in [3.05, 3.63) is 23.5 Å². The predicted octanol–water partition coefficient (Wildman–Crippen LogP) is 1.51. The highest BCUT2D eigenvalue weighted by Gasteiger charge is 2.36. The third-order valence-corrected chi connectivity index (χ3v) is 2.90. The molecule has 15 heavy (non-hydrogen) atoms. The number of aryl methyl sites for hydroxylation is 2. The first-order chi connectivity index (χ1) is 7.09. The van der Waals surface area contributed by atoms with Crippen molar-refractivity contribution in [1.82, 2.24) is 4.68 Å². The number of hydrogen-bond acceptors (Lipinski definition) is 2. The molecule has 0 saturated heterocycles. The summed E-state index contributed by atoms with van der Waals surface area (Å²) in [6.07, 6.45) is 2.03. The topological polar surface area (TPSA) is 54.3 Å². The fraction of sp³-hybridized carbons (Fsp3) is 0.545. The summed E-state index contributed by atoms with van der Waals surface area (Å²) >= 11 is 0. The van der Waals surface area contributed by atoms with Gasteiger partial charge in [0.2, 0.25) is 0 Å². The number of hydrogen-bond donors (Lipinski definition) is 2. The van der Waals surface area contributed by atoms with E-state index in [1.54, 1.807) is 0 Å². The summed E-state index contributed by atoms with van der Waals surface area (Å²) in [4.78, 5) is 11.1. The molecule has 0 aliphatic heterocycles. The molecule has 82 valence electrons. The summed E-state index contributed by atoms with van der Waals surface area (Å²) in [5.41, 5.74) is 5.16. The van der Waals surface area contributed by atoms with Crippen molar-refractivity contribution >= 4 is 5.97 Å². The van der Waals surface area contributed by atoms with Crippen LogP contribution in [0.5, 0.6) is 0 Å². The Balaban J connectivity index is 2.15. The molecule has 1 unspecified atom stereocenters. The van der Waals surface area contributed by atoms with E-state index in [9.17, 15) is 4.79 Å². The lowest BCUT2D eigenvalue weighted by Crippen LogP contribution is -2.37. The molecule has 4 nitrogen and oxygen atoms in total. The fourth-order valence-corrected chi connectivity index (χ4v) is 1.80. The molecule has 1 aliphatic carbocycles. The van der Waals surface area contributed by atoms with E-state index in [1.165, 1.54) is 0 Å². The van der Waals surface area contributed by atoms with Gasteiger partial charge in [0.25, 0.3) is 0 Å². The van der Waals surface area contributed by atoms with Gasteiger partial charge in [0, 0.05) is 11.4 Å². The third kappa shape index (κ3) is 1.98. The van der Waals surface area contributed by atoms with E-state index < -0.39 is 12.0 Å². The average Bonchev–Trinajstić information content (AvgIpc) is 2.94. The number of aromatic nitrogens is 1. The highest BCUT2D eigenvalue weighted by atomic mass is 16.4. The number of carboxylic acids is 1. The lowest BCUT2D eigenvalue weighted by Gasteiger charge is -2.19. The van der Waals surface area contributed by atoms with Crippen LogP contribution in [0.2, 0.25) is 0 Å². The molecule has 1 aromatic rings. The Morgan fingerprint density at radius 3 is 2.40 bits per heavy atom. The number of nitrogens with one attached hydrogen (secondary N) is 1. The van der Waals surface area contributed by atoms with Crippen LogP contribution in [-0.4, -0.2) is 21.8 Å². The molecular weight excluding hydrogens is 192 g/mol. The lowest BCUT2D eigenvalue weighted by atomic mass is 10.2. The Hall–Kier alpha value is -1.45. The third-order valence-electron chi connectivity index (χ3n) is 2.90. The van der Waals surface area contributed by atoms with Gasteiger partial charge in [0.15, 0.2) is 0 Å². The maximum absolute atomic E-state index is 11.1. The number of nitrogens with zero attached hydrogens (tertiary/aromatic N) is 1. The Morgan fingerprint density at radius 2 is 2.00 bits per heavy atom. The normalized spacial score (nSPS) is 17.5. The minimum absolute atomic E-state index is 0.295. The number of aliphatic carboxylic acids is 1. The predicted molar refractivity (Wildman–Crippen MR) is 57.4 cm³/mol. The van der Waals surface area contributed by atoms with E-state index in [1.807, 2.05) is 30.7 Å². The average molecular weight is 208 g/mol. The van der Waals surface area contributed by atoms with E-state index in [-0.39, 0.29) is 0 Å². The number of carboxylic acid groups (broad SMARTS) is 1. The molecule has 0 amide bonds. The van der Waals surface area contributed by atoms with Crippen LogP contribution in [0.15, 0.2) is 12.1 Å². The molecule has 1 heterocycles. The molecule has 0 aromatic carbocycles. The lowest BCUT2D eigenvalue weighted by molar-refractivity contribution is -0.138. The molecule has 2 N–H and O–H groups in total. The van der Waals surface area contributed by atoms with Crippen molar-refractivity contribution in [3.8, 4) is 0 Å². The first kappa shape index (κ1) is 10.1. The van der Waals surface area contributed by atoms with Gasteiger partial charge in [-0.1, -0.05) is 0 Å². The maximum Gasteiger partial charge on any atom is 0.327 e. The summed E-state index contributed by atoms with van der Waals surface area (Å²) in [6, 6.07) is 3.51. The number of rotatable bonds is 4. The second-order valence-corrected chi connectivity index (χ2v) is 4.23. The SMILES string of the molecule is Cc1ccc(C)n1NC(C(=O)O)C1CC1. The van der Waals surface area contributed by atoms with Crippen molar-refractivity contribution < 1.29 is 9.90 Å². The van der Waals surface area contributed by atoms with Gasteiger partial charge in [-0.05, 0) is 44.7 Å². The van der Waals surface area contributed by atoms with Gasteiger partial charge in [0.05, 0.1) is 0 Å². The summed E-state index contributed by atoms with van der Waals surface area (Å²) < 4.78 is 1.86. The molecule has 1 atom stereocenters. The standard InChI is InChI=1S/C11H16N2O2/c1-7-3-4-8(2)13(7)12-10(11(14)15)9-5-6-9/h3-4,9-10,12H,5-6H2,1-2H3,(H,14,15). The molecule has 0 spiro atoms. The first-order valence-electron chi connectivity index (χ1n) is 5.24. The van der Waals surface area contributed by atoms with E-state index in [2.05, 4.69) is 5.43 Å². The van der Waals surface area contributed by atoms with Gasteiger partial charge < -0.3 is 10.5 Å². The molecule has 0 bridgehead atoms. The Bertz CT molecular complexity index is 360. The van der Waals surface area contributed by atoms with Gasteiger partial charge >= 0.3 is 5.97 Å². The Labute approximate surface area is 88.9 Å². The second-order valence-electron chi connectivity index (χ2n) is 4.23. The largest absolute Gasteiger partial charge is 0.480 e. The molecule has 2 rings (SSSR count). The smallest absolute Gasteiger partial charge is 0.327 e. The van der Waals surface area contributed by atoms with Crippen LogP contribution in [0.4, 0.5) is 0 Å². The zero-order valence-electron chi connectivity index (χ0n) is 9.03. The second kappa shape index (κ2) is 3.61. The first-order valence-corrected chi connectivity index (χ1v) is 5.24. The summed E-state index contributed by atoms with van der Waals surface area (Å²) in [5, 5.41) is 9.09. The van der Waals surface area contributed by atoms with E-state index in [0.29, 0.717) is 5.92 Å². The van der Waals surface area contributed by atoms with Crippen LogP contribution in [0.25, 0.3) is 0 Å². The van der Waals surface area contributed by atoms with Crippen LogP contribution >= 0.6 is 0 Å². The van der Waals surface area contributed by atoms with Gasteiger partial charge in [-0.2, -0.15) is 0 Å². The summed E-state index contributed by atoms with van der Waals surface area (Å²) in [6.45, 7) is 3.93. The summed E-state index contributed by atoms with van der Waals surface area (Å²) in [5.74, 6) is -0.464. The van der Waals surface area contributed by atoms with E-state index >= 15 is 0 Å². The molecule has 4 heteroatoms. The van der Waals surface area contributed by atoms with Crippen LogP contribution in [0.1, 0.15) is 24.2 Å². The summed E-state index contributed by atoms with van der Waals surface area (Å²) in [7, 11) is 0. The zero-order chi connectivity index (χ0) is 11.0. The van der Waals surface area contributed by atoms with Crippen molar-refractivity contribution in [2.75, 3.05) is 5.43 Å². The van der Waals surface area contributed by atoms with E-state index in [4.69, 9.17) is 5.11 Å². The molecule has 1 aromatic heterocycles. The van der Waals surface area contributed by atoms with Gasteiger partial charge in [-0.15, -0.1) is 0 Å². The quantitative estimate of drug-likeness (QED) is 0.788. The molecule has 1 fully saturated rings. The van der Waals surface area contributed by atoms with E-state index in [0.717, 1.165) is 24.2 Å². The highest BCUT2D eigenvalue weighted by molar-refractivity contribution is 5.76. The maximum atomic E-state index is 11.1. The molecule has 0 radical (unpaired) electrons. The van der Waals surface area contributed by atoms with Crippen molar-refractivity contribution in [1.29, 1.82) is 0 Å². The number of carbonyl (C=O) groups is 1.